The number of alkyl halides is 1. The molecule has 12 heavy (non-hydrogen) atoms. The number of halogens is 1. The van der Waals surface area contributed by atoms with Crippen LogP contribution in [0.2, 0.25) is 0 Å². The molecule has 0 bridgehead atoms. The average molecular weight is 175 g/mol. The maximum Gasteiger partial charge on any atom is 0.123 e. The van der Waals surface area contributed by atoms with E-state index in [0.29, 0.717) is 18.8 Å². The largest absolute Gasteiger partial charge is 0.328 e. The molecule has 2 N–H and O–H groups in total. The molecule has 0 aromatic heterocycles. The van der Waals surface area contributed by atoms with E-state index >= 15 is 0 Å². The lowest BCUT2D eigenvalue weighted by atomic mass is 9.88. The quantitative estimate of drug-likeness (QED) is 0.660. The van der Waals surface area contributed by atoms with Crippen LogP contribution in [0.1, 0.15) is 46.5 Å². The predicted molar refractivity (Wildman–Crippen MR) is 51.9 cm³/mol. The van der Waals surface area contributed by atoms with Crippen LogP contribution in [-0.2, 0) is 0 Å². The highest BCUT2D eigenvalue weighted by atomic mass is 19.1. The third-order valence-electron chi connectivity index (χ3n) is 2.50. The van der Waals surface area contributed by atoms with Crippen LogP contribution in [-0.4, -0.2) is 12.2 Å². The van der Waals surface area contributed by atoms with Crippen molar-refractivity contribution >= 4 is 0 Å². The molecule has 0 saturated carbocycles. The smallest absolute Gasteiger partial charge is 0.123 e. The van der Waals surface area contributed by atoms with Crippen molar-refractivity contribution in [1.29, 1.82) is 0 Å². The van der Waals surface area contributed by atoms with Crippen molar-refractivity contribution in [2.24, 2.45) is 11.7 Å². The van der Waals surface area contributed by atoms with Gasteiger partial charge in [-0.05, 0) is 18.8 Å². The first-order chi connectivity index (χ1) is 5.58. The fourth-order valence-corrected chi connectivity index (χ4v) is 1.59. The second kappa shape index (κ2) is 5.52. The molecule has 0 rings (SSSR count). The molecule has 0 saturated heterocycles. The number of rotatable bonds is 6. The molecule has 0 spiro atoms. The molecule has 74 valence electrons. The first kappa shape index (κ1) is 11.9. The molecular weight excluding hydrogens is 153 g/mol. The predicted octanol–water partition coefficient (Wildman–Crippen LogP) is 2.89. The Morgan fingerprint density at radius 3 is 2.33 bits per heavy atom. The van der Waals surface area contributed by atoms with E-state index in [9.17, 15) is 4.39 Å². The maximum absolute atomic E-state index is 13.7. The summed E-state index contributed by atoms with van der Waals surface area (Å²) < 4.78 is 13.7. The molecule has 0 amide bonds. The van der Waals surface area contributed by atoms with Crippen LogP contribution in [0.25, 0.3) is 0 Å². The van der Waals surface area contributed by atoms with E-state index in [1.165, 1.54) is 0 Å². The fourth-order valence-electron chi connectivity index (χ4n) is 1.59. The van der Waals surface area contributed by atoms with Gasteiger partial charge in [0.05, 0.1) is 0 Å². The Bertz CT molecular complexity index is 110. The van der Waals surface area contributed by atoms with E-state index in [4.69, 9.17) is 5.73 Å². The van der Waals surface area contributed by atoms with Crippen molar-refractivity contribution in [2.75, 3.05) is 6.54 Å². The minimum atomic E-state index is -1.12. The van der Waals surface area contributed by atoms with Crippen LogP contribution in [0.15, 0.2) is 0 Å². The summed E-state index contributed by atoms with van der Waals surface area (Å²) >= 11 is 0. The number of hydrogen-bond acceptors (Lipinski definition) is 1. The second-order valence-electron chi connectivity index (χ2n) is 3.81. The minimum Gasteiger partial charge on any atom is -0.328 e. The third-order valence-corrected chi connectivity index (χ3v) is 2.50. The molecule has 0 aliphatic heterocycles. The van der Waals surface area contributed by atoms with Crippen LogP contribution in [0.5, 0.6) is 0 Å². The Balaban J connectivity index is 3.84. The Kier molecular flexibility index (Phi) is 5.47. The zero-order chi connectivity index (χ0) is 9.61. The van der Waals surface area contributed by atoms with E-state index in [0.717, 1.165) is 12.8 Å². The molecule has 0 fully saturated rings. The van der Waals surface area contributed by atoms with Crippen LogP contribution >= 0.6 is 0 Å². The summed E-state index contributed by atoms with van der Waals surface area (Å²) in [4.78, 5) is 0. The summed E-state index contributed by atoms with van der Waals surface area (Å²) in [6.07, 6.45) is 3.39. The Morgan fingerprint density at radius 2 is 2.00 bits per heavy atom. The van der Waals surface area contributed by atoms with Crippen LogP contribution in [0.3, 0.4) is 0 Å². The van der Waals surface area contributed by atoms with E-state index in [1.807, 2.05) is 6.92 Å². The summed E-state index contributed by atoms with van der Waals surface area (Å²) in [6.45, 7) is 6.26. The van der Waals surface area contributed by atoms with Gasteiger partial charge < -0.3 is 5.73 Å². The van der Waals surface area contributed by atoms with Crippen LogP contribution in [0.4, 0.5) is 4.39 Å². The van der Waals surface area contributed by atoms with Crippen LogP contribution in [0, 0.1) is 5.92 Å². The minimum absolute atomic E-state index is 0.164. The van der Waals surface area contributed by atoms with Gasteiger partial charge in [-0.3, -0.25) is 0 Å². The van der Waals surface area contributed by atoms with Crippen LogP contribution < -0.4 is 5.73 Å². The van der Waals surface area contributed by atoms with Gasteiger partial charge in [-0.2, -0.15) is 0 Å². The van der Waals surface area contributed by atoms with Gasteiger partial charge >= 0.3 is 0 Å². The lowest BCUT2D eigenvalue weighted by Gasteiger charge is -2.25. The van der Waals surface area contributed by atoms with Gasteiger partial charge in [0.25, 0.3) is 0 Å². The van der Waals surface area contributed by atoms with Crippen molar-refractivity contribution < 1.29 is 4.39 Å². The molecule has 0 aliphatic carbocycles. The Hall–Kier alpha value is -0.110. The standard InChI is InChI=1S/C10H22FN/c1-4-6-9(3)7-10(11,5-2)8-12/h9H,4-8,12H2,1-3H3. The molecule has 2 heteroatoms. The van der Waals surface area contributed by atoms with Crippen molar-refractivity contribution in [3.05, 3.63) is 0 Å². The molecule has 0 heterocycles. The lowest BCUT2D eigenvalue weighted by molar-refractivity contribution is 0.128. The van der Waals surface area contributed by atoms with Crippen molar-refractivity contribution in [3.8, 4) is 0 Å². The van der Waals surface area contributed by atoms with Crippen molar-refractivity contribution in [2.45, 2.75) is 52.1 Å². The SMILES string of the molecule is CCCC(C)CC(F)(CC)CN. The van der Waals surface area contributed by atoms with Gasteiger partial charge in [-0.1, -0.05) is 33.6 Å². The Morgan fingerprint density at radius 1 is 1.42 bits per heavy atom. The lowest BCUT2D eigenvalue weighted by Crippen LogP contribution is -2.34. The van der Waals surface area contributed by atoms with Gasteiger partial charge in [-0.25, -0.2) is 4.39 Å². The van der Waals surface area contributed by atoms with E-state index in [2.05, 4.69) is 13.8 Å². The maximum atomic E-state index is 13.7. The van der Waals surface area contributed by atoms with E-state index < -0.39 is 5.67 Å². The highest BCUT2D eigenvalue weighted by Gasteiger charge is 2.27. The molecule has 0 aromatic carbocycles. The van der Waals surface area contributed by atoms with Gasteiger partial charge in [0.15, 0.2) is 0 Å². The van der Waals surface area contributed by atoms with Gasteiger partial charge in [0.2, 0.25) is 0 Å². The number of nitrogens with two attached hydrogens (primary N) is 1. The summed E-state index contributed by atoms with van der Waals surface area (Å²) in [5.74, 6) is 0.462. The zero-order valence-corrected chi connectivity index (χ0v) is 8.57. The van der Waals surface area contributed by atoms with Crippen molar-refractivity contribution in [1.82, 2.24) is 0 Å². The Labute approximate surface area is 75.5 Å². The summed E-state index contributed by atoms with van der Waals surface area (Å²) in [6, 6.07) is 0. The highest BCUT2D eigenvalue weighted by molar-refractivity contribution is 4.80. The van der Waals surface area contributed by atoms with Gasteiger partial charge in [-0.15, -0.1) is 0 Å². The first-order valence-electron chi connectivity index (χ1n) is 4.97. The second-order valence-corrected chi connectivity index (χ2v) is 3.81. The highest BCUT2D eigenvalue weighted by Crippen LogP contribution is 2.26. The zero-order valence-electron chi connectivity index (χ0n) is 8.57. The van der Waals surface area contributed by atoms with E-state index in [1.54, 1.807) is 0 Å². The molecular formula is C10H22FN. The van der Waals surface area contributed by atoms with Gasteiger partial charge in [0, 0.05) is 6.54 Å². The van der Waals surface area contributed by atoms with Crippen molar-refractivity contribution in [3.63, 3.8) is 0 Å². The summed E-state index contributed by atoms with van der Waals surface area (Å²) in [7, 11) is 0. The monoisotopic (exact) mass is 175 g/mol. The molecule has 0 aromatic rings. The van der Waals surface area contributed by atoms with Gasteiger partial charge in [0.1, 0.15) is 5.67 Å². The molecule has 0 aliphatic rings. The fraction of sp³-hybridized carbons (Fsp3) is 1.00. The number of hydrogen-bond donors (Lipinski definition) is 1. The first-order valence-corrected chi connectivity index (χ1v) is 4.97. The normalized spacial score (nSPS) is 18.8. The molecule has 1 nitrogen and oxygen atoms in total. The molecule has 2 unspecified atom stereocenters. The van der Waals surface area contributed by atoms with E-state index in [-0.39, 0.29) is 6.54 Å². The summed E-state index contributed by atoms with van der Waals surface area (Å²) in [5.41, 5.74) is 4.27. The molecule has 0 radical (unpaired) electrons. The topological polar surface area (TPSA) is 26.0 Å². The molecule has 2 atom stereocenters. The third kappa shape index (κ3) is 4.05. The summed E-state index contributed by atoms with van der Waals surface area (Å²) in [5, 5.41) is 0. The average Bonchev–Trinajstić information content (AvgIpc) is 2.05.